The van der Waals surface area contributed by atoms with Crippen LogP contribution in [0.15, 0.2) is 43.0 Å². The molecule has 0 saturated heterocycles. The lowest BCUT2D eigenvalue weighted by molar-refractivity contribution is -0.143. The fourth-order valence-electron chi connectivity index (χ4n) is 2.01. The number of nitrogens with two attached hydrogens (primary N) is 1. The fourth-order valence-corrected chi connectivity index (χ4v) is 2.01. The first-order valence-corrected chi connectivity index (χ1v) is 7.44. The molecule has 0 aliphatic carbocycles. The van der Waals surface area contributed by atoms with Crippen molar-refractivity contribution in [1.82, 2.24) is 4.90 Å². The number of rotatable bonds is 10. The molecular weight excluding hydrogens is 300 g/mol. The van der Waals surface area contributed by atoms with E-state index in [4.69, 9.17) is 10.5 Å². The van der Waals surface area contributed by atoms with E-state index in [1.165, 1.54) is 0 Å². The van der Waals surface area contributed by atoms with Crippen molar-refractivity contribution in [2.45, 2.75) is 32.4 Å². The predicted molar refractivity (Wildman–Crippen MR) is 93.0 cm³/mol. The second kappa shape index (κ2) is 12.2. The molecule has 2 N–H and O–H groups in total. The smallest absolute Gasteiger partial charge is 0.251 e. The molecule has 0 aromatic heterocycles. The molecular formula is C17H27ClN2O2. The molecule has 124 valence electrons. The first-order valence-electron chi connectivity index (χ1n) is 7.44. The van der Waals surface area contributed by atoms with Crippen LogP contribution in [0.3, 0.4) is 0 Å². The molecule has 1 atom stereocenters. The molecule has 1 aromatic rings. The summed E-state index contributed by atoms with van der Waals surface area (Å²) in [7, 11) is 0. The van der Waals surface area contributed by atoms with Gasteiger partial charge in [0.15, 0.2) is 0 Å². The maximum atomic E-state index is 12.5. The molecule has 0 fully saturated rings. The average molecular weight is 327 g/mol. The van der Waals surface area contributed by atoms with E-state index in [-0.39, 0.29) is 18.3 Å². The highest BCUT2D eigenvalue weighted by Crippen LogP contribution is 2.08. The van der Waals surface area contributed by atoms with Crippen molar-refractivity contribution < 1.29 is 9.53 Å². The average Bonchev–Trinajstić information content (AvgIpc) is 2.51. The summed E-state index contributed by atoms with van der Waals surface area (Å²) in [6, 6.07) is 9.96. The highest BCUT2D eigenvalue weighted by atomic mass is 35.5. The Hall–Kier alpha value is -1.36. The van der Waals surface area contributed by atoms with Gasteiger partial charge in [-0.15, -0.1) is 19.0 Å². The van der Waals surface area contributed by atoms with Crippen LogP contribution in [0.1, 0.15) is 25.3 Å². The van der Waals surface area contributed by atoms with Gasteiger partial charge in [-0.3, -0.25) is 4.79 Å². The van der Waals surface area contributed by atoms with Gasteiger partial charge in [0.05, 0.1) is 6.61 Å². The molecule has 0 aliphatic rings. The third kappa shape index (κ3) is 7.59. The largest absolute Gasteiger partial charge is 0.368 e. The summed E-state index contributed by atoms with van der Waals surface area (Å²) >= 11 is 0. The van der Waals surface area contributed by atoms with Crippen LogP contribution in [0.25, 0.3) is 0 Å². The molecule has 5 heteroatoms. The SMILES string of the molecule is C=CCCOC(C)C(=O)N(CCCN)Cc1ccccc1.Cl. The van der Waals surface area contributed by atoms with E-state index >= 15 is 0 Å². The Morgan fingerprint density at radius 3 is 2.68 bits per heavy atom. The van der Waals surface area contributed by atoms with E-state index in [1.807, 2.05) is 35.2 Å². The van der Waals surface area contributed by atoms with Crippen molar-refractivity contribution in [3.63, 3.8) is 0 Å². The summed E-state index contributed by atoms with van der Waals surface area (Å²) in [5.74, 6) is 0.0105. The molecule has 1 unspecified atom stereocenters. The molecule has 0 spiro atoms. The van der Waals surface area contributed by atoms with Crippen LogP contribution in [0.2, 0.25) is 0 Å². The third-order valence-electron chi connectivity index (χ3n) is 3.20. The number of hydrogen-bond donors (Lipinski definition) is 1. The molecule has 1 rings (SSSR count). The minimum absolute atomic E-state index is 0. The maximum Gasteiger partial charge on any atom is 0.251 e. The van der Waals surface area contributed by atoms with Gasteiger partial charge >= 0.3 is 0 Å². The van der Waals surface area contributed by atoms with Gasteiger partial charge in [-0.05, 0) is 31.9 Å². The van der Waals surface area contributed by atoms with Crippen LogP contribution < -0.4 is 5.73 Å². The molecule has 1 amide bonds. The Morgan fingerprint density at radius 2 is 2.09 bits per heavy atom. The Labute approximate surface area is 139 Å². The van der Waals surface area contributed by atoms with Crippen molar-refractivity contribution in [3.05, 3.63) is 48.6 Å². The summed E-state index contributed by atoms with van der Waals surface area (Å²) in [5, 5.41) is 0. The minimum Gasteiger partial charge on any atom is -0.368 e. The van der Waals surface area contributed by atoms with Crippen molar-refractivity contribution in [1.29, 1.82) is 0 Å². The molecule has 4 nitrogen and oxygen atoms in total. The van der Waals surface area contributed by atoms with Crippen LogP contribution in [-0.2, 0) is 16.1 Å². The van der Waals surface area contributed by atoms with Gasteiger partial charge in [-0.2, -0.15) is 0 Å². The zero-order valence-electron chi connectivity index (χ0n) is 13.2. The lowest BCUT2D eigenvalue weighted by Crippen LogP contribution is -2.40. The Morgan fingerprint density at radius 1 is 1.41 bits per heavy atom. The standard InChI is InChI=1S/C17H26N2O2.ClH/c1-3-4-13-21-15(2)17(20)19(12-8-11-18)14-16-9-6-5-7-10-16;/h3,5-7,9-10,15H,1,4,8,11-14,18H2,2H3;1H. The first kappa shape index (κ1) is 20.6. The zero-order chi connectivity index (χ0) is 15.5. The molecule has 0 heterocycles. The van der Waals surface area contributed by atoms with Gasteiger partial charge < -0.3 is 15.4 Å². The van der Waals surface area contributed by atoms with Crippen LogP contribution in [0.5, 0.6) is 0 Å². The molecule has 22 heavy (non-hydrogen) atoms. The van der Waals surface area contributed by atoms with Crippen molar-refractivity contribution >= 4 is 18.3 Å². The van der Waals surface area contributed by atoms with Gasteiger partial charge in [-0.25, -0.2) is 0 Å². The van der Waals surface area contributed by atoms with Gasteiger partial charge in [0.25, 0.3) is 5.91 Å². The Bertz CT molecular complexity index is 426. The van der Waals surface area contributed by atoms with E-state index in [0.717, 1.165) is 18.4 Å². The second-order valence-corrected chi connectivity index (χ2v) is 4.98. The summed E-state index contributed by atoms with van der Waals surface area (Å²) in [6.45, 7) is 7.78. The molecule has 0 aliphatic heterocycles. The molecule has 0 saturated carbocycles. The number of benzene rings is 1. The number of amides is 1. The number of carbonyl (C=O) groups is 1. The van der Waals surface area contributed by atoms with Crippen LogP contribution in [0, 0.1) is 0 Å². The van der Waals surface area contributed by atoms with E-state index in [2.05, 4.69) is 6.58 Å². The predicted octanol–water partition coefficient (Wildman–Crippen LogP) is 2.77. The lowest BCUT2D eigenvalue weighted by Gasteiger charge is -2.26. The van der Waals surface area contributed by atoms with Crippen molar-refractivity contribution in [3.8, 4) is 0 Å². The lowest BCUT2D eigenvalue weighted by atomic mass is 10.2. The summed E-state index contributed by atoms with van der Waals surface area (Å²) in [6.07, 6.45) is 2.89. The van der Waals surface area contributed by atoms with E-state index in [1.54, 1.807) is 13.0 Å². The number of carbonyl (C=O) groups excluding carboxylic acids is 1. The Balaban J connectivity index is 0.00000441. The molecule has 0 radical (unpaired) electrons. The van der Waals surface area contributed by atoms with Gasteiger partial charge in [0.1, 0.15) is 6.10 Å². The summed E-state index contributed by atoms with van der Waals surface area (Å²) in [5.41, 5.74) is 6.68. The quantitative estimate of drug-likeness (QED) is 0.531. The number of ether oxygens (including phenoxy) is 1. The second-order valence-electron chi connectivity index (χ2n) is 4.98. The minimum atomic E-state index is -0.438. The normalized spacial score (nSPS) is 11.4. The van der Waals surface area contributed by atoms with Crippen LogP contribution >= 0.6 is 12.4 Å². The zero-order valence-corrected chi connectivity index (χ0v) is 14.1. The van der Waals surface area contributed by atoms with Crippen molar-refractivity contribution in [2.24, 2.45) is 5.73 Å². The van der Waals surface area contributed by atoms with E-state index < -0.39 is 6.10 Å². The van der Waals surface area contributed by atoms with Gasteiger partial charge in [-0.1, -0.05) is 36.4 Å². The van der Waals surface area contributed by atoms with Crippen molar-refractivity contribution in [2.75, 3.05) is 19.7 Å². The maximum absolute atomic E-state index is 12.5. The topological polar surface area (TPSA) is 55.6 Å². The summed E-state index contributed by atoms with van der Waals surface area (Å²) in [4.78, 5) is 14.3. The number of hydrogen-bond acceptors (Lipinski definition) is 3. The monoisotopic (exact) mass is 326 g/mol. The van der Waals surface area contributed by atoms with E-state index in [0.29, 0.717) is 26.2 Å². The number of nitrogens with zero attached hydrogens (tertiary/aromatic N) is 1. The number of halogens is 1. The third-order valence-corrected chi connectivity index (χ3v) is 3.20. The van der Waals surface area contributed by atoms with Gasteiger partial charge in [0.2, 0.25) is 0 Å². The Kier molecular flexibility index (Phi) is 11.5. The van der Waals surface area contributed by atoms with E-state index in [9.17, 15) is 4.79 Å². The summed E-state index contributed by atoms with van der Waals surface area (Å²) < 4.78 is 5.55. The first-order chi connectivity index (χ1) is 10.2. The fraction of sp³-hybridized carbons (Fsp3) is 0.471. The van der Waals surface area contributed by atoms with Crippen LogP contribution in [-0.4, -0.2) is 36.6 Å². The highest BCUT2D eigenvalue weighted by molar-refractivity contribution is 5.85. The van der Waals surface area contributed by atoms with Gasteiger partial charge in [0, 0.05) is 13.1 Å². The molecule has 1 aromatic carbocycles. The van der Waals surface area contributed by atoms with Crippen LogP contribution in [0.4, 0.5) is 0 Å². The molecule has 0 bridgehead atoms. The highest BCUT2D eigenvalue weighted by Gasteiger charge is 2.20.